The van der Waals surface area contributed by atoms with Crippen molar-refractivity contribution in [1.29, 1.82) is 0 Å². The lowest BCUT2D eigenvalue weighted by Crippen LogP contribution is -2.40. The number of rotatable bonds is 7. The van der Waals surface area contributed by atoms with Crippen LogP contribution in [0.1, 0.15) is 11.1 Å². The van der Waals surface area contributed by atoms with Gasteiger partial charge in [-0.25, -0.2) is 5.43 Å². The zero-order valence-electron chi connectivity index (χ0n) is 20.7. The number of hydrogen-bond acceptors (Lipinski definition) is 9. The molecule has 37 heavy (non-hydrogen) atoms. The Balaban J connectivity index is 1.26. The van der Waals surface area contributed by atoms with Gasteiger partial charge in [-0.1, -0.05) is 48.5 Å². The molecule has 1 N–H and O–H groups in total. The third-order valence-electron chi connectivity index (χ3n) is 6.58. The van der Waals surface area contributed by atoms with Gasteiger partial charge in [0.25, 0.3) is 0 Å². The van der Waals surface area contributed by atoms with Crippen LogP contribution in [0, 0.1) is 0 Å². The quantitative estimate of drug-likeness (QED) is 0.307. The molecule has 0 radical (unpaired) electrons. The second-order valence-corrected chi connectivity index (χ2v) is 9.04. The highest BCUT2D eigenvalue weighted by molar-refractivity contribution is 5.99. The Kier molecular flexibility index (Phi) is 6.91. The molecule has 0 atom stereocenters. The normalized spacial score (nSPS) is 16.5. The molecule has 10 heteroatoms. The van der Waals surface area contributed by atoms with Crippen LogP contribution in [0.3, 0.4) is 0 Å². The second-order valence-electron chi connectivity index (χ2n) is 9.04. The molecular weight excluding hydrogens is 468 g/mol. The van der Waals surface area contributed by atoms with Gasteiger partial charge in [0.05, 0.1) is 32.6 Å². The highest BCUT2D eigenvalue weighted by Crippen LogP contribution is 2.22. The first-order valence-corrected chi connectivity index (χ1v) is 12.7. The van der Waals surface area contributed by atoms with E-state index in [0.29, 0.717) is 44.3 Å². The minimum absolute atomic E-state index is 0.419. The fourth-order valence-electron chi connectivity index (χ4n) is 4.66. The average Bonchev–Trinajstić information content (AvgIpc) is 3.31. The van der Waals surface area contributed by atoms with Crippen molar-refractivity contribution in [2.45, 2.75) is 6.54 Å². The lowest BCUT2D eigenvalue weighted by Gasteiger charge is -2.30. The van der Waals surface area contributed by atoms with Gasteiger partial charge in [0, 0.05) is 55.4 Å². The number of para-hydroxylation sites is 1. The number of anilines is 3. The number of hydrogen-bond donors (Lipinski definition) is 1. The van der Waals surface area contributed by atoms with Gasteiger partial charge in [-0.2, -0.15) is 20.1 Å². The highest BCUT2D eigenvalue weighted by Gasteiger charge is 2.20. The SMILES string of the molecule is C(=N\Nc1nc(N2CCOCC2)nc(N2CCOCC2)n1)/c1cn(Cc2ccccc2)c2ccccc12. The van der Waals surface area contributed by atoms with E-state index in [1.165, 1.54) is 5.56 Å². The van der Waals surface area contributed by atoms with Crippen LogP contribution >= 0.6 is 0 Å². The summed E-state index contributed by atoms with van der Waals surface area (Å²) >= 11 is 0. The predicted molar refractivity (Wildman–Crippen MR) is 145 cm³/mol. The van der Waals surface area contributed by atoms with Crippen molar-refractivity contribution in [2.24, 2.45) is 5.10 Å². The van der Waals surface area contributed by atoms with Crippen molar-refractivity contribution in [3.05, 3.63) is 71.9 Å². The molecule has 2 aromatic heterocycles. The molecule has 0 amide bonds. The summed E-state index contributed by atoms with van der Waals surface area (Å²) < 4.78 is 13.3. The summed E-state index contributed by atoms with van der Waals surface area (Å²) in [6, 6.07) is 18.8. The first-order valence-electron chi connectivity index (χ1n) is 12.7. The fourth-order valence-corrected chi connectivity index (χ4v) is 4.66. The molecule has 2 aliphatic heterocycles. The predicted octanol–water partition coefficient (Wildman–Crippen LogP) is 2.99. The molecular formula is C27H30N8O2. The second kappa shape index (κ2) is 10.9. The molecule has 2 aliphatic rings. The molecule has 0 unspecified atom stereocenters. The van der Waals surface area contributed by atoms with Crippen molar-refractivity contribution in [3.8, 4) is 0 Å². The zero-order valence-corrected chi connectivity index (χ0v) is 20.7. The van der Waals surface area contributed by atoms with Gasteiger partial charge in [-0.3, -0.25) is 0 Å². The molecule has 0 saturated carbocycles. The lowest BCUT2D eigenvalue weighted by molar-refractivity contribution is 0.121. The molecule has 4 heterocycles. The van der Waals surface area contributed by atoms with Crippen LogP contribution in [-0.2, 0) is 16.0 Å². The van der Waals surface area contributed by atoms with E-state index in [9.17, 15) is 0 Å². The molecule has 0 spiro atoms. The molecule has 10 nitrogen and oxygen atoms in total. The first-order chi connectivity index (χ1) is 18.3. The average molecular weight is 499 g/mol. The van der Waals surface area contributed by atoms with E-state index in [-0.39, 0.29) is 0 Å². The molecule has 6 rings (SSSR count). The van der Waals surface area contributed by atoms with E-state index >= 15 is 0 Å². The number of morpholine rings is 2. The van der Waals surface area contributed by atoms with Crippen LogP contribution in [0.25, 0.3) is 10.9 Å². The molecule has 0 aliphatic carbocycles. The molecule has 0 bridgehead atoms. The number of nitrogens with zero attached hydrogens (tertiary/aromatic N) is 7. The Hall–Kier alpha value is -4.02. The van der Waals surface area contributed by atoms with Crippen LogP contribution in [0.2, 0.25) is 0 Å². The Morgan fingerprint density at radius 3 is 2.08 bits per heavy atom. The summed E-state index contributed by atoms with van der Waals surface area (Å²) in [5, 5.41) is 5.67. The van der Waals surface area contributed by atoms with Crippen LogP contribution in [0.4, 0.5) is 17.8 Å². The van der Waals surface area contributed by atoms with E-state index in [1.807, 2.05) is 12.3 Å². The van der Waals surface area contributed by atoms with Crippen LogP contribution in [0.5, 0.6) is 0 Å². The lowest BCUT2D eigenvalue weighted by atomic mass is 10.2. The standard InChI is InChI=1S/C27H30N8O2/c1-2-6-21(7-3-1)19-35-20-22(23-8-4-5-9-24(23)35)18-28-32-25-29-26(33-10-14-36-15-11-33)31-27(30-25)34-12-16-37-17-13-34/h1-9,18,20H,10-17,19H2,(H,29,30,31,32)/b28-18+. The van der Waals surface area contributed by atoms with Gasteiger partial charge in [0.2, 0.25) is 17.8 Å². The van der Waals surface area contributed by atoms with E-state index in [0.717, 1.165) is 49.2 Å². The van der Waals surface area contributed by atoms with Gasteiger partial charge in [-0.05, 0) is 11.6 Å². The van der Waals surface area contributed by atoms with Gasteiger partial charge in [0.1, 0.15) is 0 Å². The summed E-state index contributed by atoms with van der Waals surface area (Å²) in [7, 11) is 0. The van der Waals surface area contributed by atoms with Gasteiger partial charge >= 0.3 is 0 Å². The van der Waals surface area contributed by atoms with Crippen LogP contribution in [-0.4, -0.2) is 78.3 Å². The fraction of sp³-hybridized carbons (Fsp3) is 0.333. The van der Waals surface area contributed by atoms with E-state index in [2.05, 4.69) is 89.6 Å². The summed E-state index contributed by atoms with van der Waals surface area (Å²) in [5.41, 5.74) is 6.50. The minimum atomic E-state index is 0.419. The Morgan fingerprint density at radius 1 is 0.784 bits per heavy atom. The summed E-state index contributed by atoms with van der Waals surface area (Å²) in [6.45, 7) is 6.42. The number of hydrazone groups is 1. The number of nitrogens with one attached hydrogen (secondary N) is 1. The number of aromatic nitrogens is 4. The molecule has 2 fully saturated rings. The zero-order chi connectivity index (χ0) is 24.9. The van der Waals surface area contributed by atoms with Crippen molar-refractivity contribution >= 4 is 35.0 Å². The van der Waals surface area contributed by atoms with Crippen molar-refractivity contribution in [3.63, 3.8) is 0 Å². The third-order valence-corrected chi connectivity index (χ3v) is 6.58. The minimum Gasteiger partial charge on any atom is -0.378 e. The number of benzene rings is 2. The van der Waals surface area contributed by atoms with Gasteiger partial charge in [0.15, 0.2) is 0 Å². The van der Waals surface area contributed by atoms with Gasteiger partial charge in [-0.15, -0.1) is 0 Å². The van der Waals surface area contributed by atoms with Crippen LogP contribution in [0.15, 0.2) is 65.9 Å². The first kappa shape index (κ1) is 23.4. The van der Waals surface area contributed by atoms with Crippen molar-refractivity contribution in [2.75, 3.05) is 67.8 Å². The number of ether oxygens (including phenoxy) is 2. The Bertz CT molecular complexity index is 1330. The smallest absolute Gasteiger partial charge is 0.250 e. The van der Waals surface area contributed by atoms with E-state index < -0.39 is 0 Å². The highest BCUT2D eigenvalue weighted by atomic mass is 16.5. The Morgan fingerprint density at radius 2 is 1.41 bits per heavy atom. The largest absolute Gasteiger partial charge is 0.378 e. The van der Waals surface area contributed by atoms with Crippen molar-refractivity contribution < 1.29 is 9.47 Å². The molecule has 4 aromatic rings. The van der Waals surface area contributed by atoms with E-state index in [1.54, 1.807) is 0 Å². The third kappa shape index (κ3) is 5.40. The van der Waals surface area contributed by atoms with Gasteiger partial charge < -0.3 is 23.8 Å². The summed E-state index contributed by atoms with van der Waals surface area (Å²) in [4.78, 5) is 18.3. The number of fused-ring (bicyclic) bond motifs is 1. The molecule has 190 valence electrons. The summed E-state index contributed by atoms with van der Waals surface area (Å²) in [5.74, 6) is 1.69. The topological polar surface area (TPSA) is 92.9 Å². The maximum absolute atomic E-state index is 5.51. The Labute approximate surface area is 215 Å². The maximum Gasteiger partial charge on any atom is 0.250 e. The van der Waals surface area contributed by atoms with Crippen molar-refractivity contribution in [1.82, 2.24) is 19.5 Å². The summed E-state index contributed by atoms with van der Waals surface area (Å²) in [6.07, 6.45) is 3.96. The molecule has 2 saturated heterocycles. The monoisotopic (exact) mass is 498 g/mol. The molecule has 2 aromatic carbocycles. The maximum atomic E-state index is 5.51. The van der Waals surface area contributed by atoms with Crippen LogP contribution < -0.4 is 15.2 Å². The van der Waals surface area contributed by atoms with E-state index in [4.69, 9.17) is 14.5 Å².